The third kappa shape index (κ3) is 12.3. The zero-order valence-electron chi connectivity index (χ0n) is 7.88. The quantitative estimate of drug-likeness (QED) is 0.585. The van der Waals surface area contributed by atoms with Gasteiger partial charge in [-0.15, -0.1) is 0 Å². The average molecular weight is 360 g/mol. The fourth-order valence-electron chi connectivity index (χ4n) is 0.651. The molecule has 2 atom stereocenters. The van der Waals surface area contributed by atoms with Crippen LogP contribution in [0.15, 0.2) is 30.3 Å². The first kappa shape index (κ1) is 18.6. The third-order valence-corrected chi connectivity index (χ3v) is 2.53. The fourth-order valence-corrected chi connectivity index (χ4v) is 1.20. The van der Waals surface area contributed by atoms with Crippen LogP contribution in [0.4, 0.5) is 0 Å². The first-order valence-electron chi connectivity index (χ1n) is 3.81. The first-order valence-corrected chi connectivity index (χ1v) is 6.25. The Morgan fingerprint density at radius 1 is 1.12 bits per heavy atom. The monoisotopic (exact) mass is 359 g/mol. The van der Waals surface area contributed by atoms with Gasteiger partial charge in [0, 0.05) is 0 Å². The van der Waals surface area contributed by atoms with Crippen LogP contribution in [0.5, 0.6) is 0 Å². The van der Waals surface area contributed by atoms with E-state index in [1.165, 1.54) is 0 Å². The van der Waals surface area contributed by atoms with E-state index in [2.05, 4.69) is 4.31 Å². The van der Waals surface area contributed by atoms with E-state index in [4.69, 9.17) is 5.11 Å². The Bertz CT molecular complexity index is 308. The maximum atomic E-state index is 9.29. The van der Waals surface area contributed by atoms with Crippen LogP contribution in [-0.2, 0) is 42.4 Å². The van der Waals surface area contributed by atoms with E-state index >= 15 is 0 Å². The minimum absolute atomic E-state index is 0. The van der Waals surface area contributed by atoms with Gasteiger partial charge in [-0.3, -0.25) is 4.31 Å². The predicted molar refractivity (Wildman–Crippen MR) is 51.5 cm³/mol. The number of benzene rings is 1. The molecule has 0 aliphatic carbocycles. The van der Waals surface area contributed by atoms with Crippen molar-refractivity contribution >= 4 is 16.5 Å². The van der Waals surface area contributed by atoms with Crippen molar-refractivity contribution in [3.63, 3.8) is 0 Å². The third-order valence-electron chi connectivity index (χ3n) is 1.19. The van der Waals surface area contributed by atoms with Gasteiger partial charge in [0.25, 0.3) is 0 Å². The standard InChI is InChI=1S/C7H8O.Ag.H4O5P2/c8-6-7-4-2-1-3-5-7;;1-6(2)5-7(3)4/h1-5,8H,6H2;;6-7H,(H,1,2)(H,3,4)/q;+2;/p-2. The van der Waals surface area contributed by atoms with Crippen LogP contribution >= 0.6 is 16.5 Å². The molecule has 0 aliphatic heterocycles. The van der Waals surface area contributed by atoms with Gasteiger partial charge in [0.15, 0.2) is 0 Å². The summed E-state index contributed by atoms with van der Waals surface area (Å²) in [6, 6.07) is 9.52. The molecule has 1 radical (unpaired) electrons. The average Bonchev–Trinajstić information content (AvgIpc) is 2.18. The summed E-state index contributed by atoms with van der Waals surface area (Å²) in [7, 11) is -7.03. The summed E-state index contributed by atoms with van der Waals surface area (Å²) in [6.45, 7) is 0.140. The molecule has 0 spiro atoms. The molecular weight excluding hydrogens is 350 g/mol. The second kappa shape index (κ2) is 11.7. The molecule has 16 heavy (non-hydrogen) atoms. The Balaban J connectivity index is 0. The molecule has 1 N–H and O–H groups in total. The van der Waals surface area contributed by atoms with Crippen LogP contribution in [-0.4, -0.2) is 5.11 Å². The molecule has 0 fully saturated rings. The molecule has 1 rings (SSSR count). The van der Waals surface area contributed by atoms with Crippen LogP contribution in [0.2, 0.25) is 0 Å². The summed E-state index contributed by atoms with van der Waals surface area (Å²) in [5.74, 6) is 0. The summed E-state index contributed by atoms with van der Waals surface area (Å²) in [5, 5.41) is 8.54. The summed E-state index contributed by atoms with van der Waals surface area (Å²) in [4.78, 5) is 18.6. The van der Waals surface area contributed by atoms with E-state index in [0.717, 1.165) is 5.56 Å². The molecule has 0 saturated carbocycles. The maximum Gasteiger partial charge on any atom is 2.00 e. The fraction of sp³-hybridized carbons (Fsp3) is 0.143. The maximum absolute atomic E-state index is 9.29. The van der Waals surface area contributed by atoms with Crippen molar-refractivity contribution < 1.29 is 50.7 Å². The zero-order valence-corrected chi connectivity index (χ0v) is 11.4. The Hall–Kier alpha value is 0.260. The Morgan fingerprint density at radius 3 is 1.75 bits per heavy atom. The molecule has 95 valence electrons. The minimum Gasteiger partial charge on any atom is -0.781 e. The van der Waals surface area contributed by atoms with Crippen molar-refractivity contribution in [1.82, 2.24) is 0 Å². The van der Waals surface area contributed by atoms with Gasteiger partial charge in [0.1, 0.15) is 16.5 Å². The molecule has 6 nitrogen and oxygen atoms in total. The van der Waals surface area contributed by atoms with E-state index in [1.807, 2.05) is 30.3 Å². The van der Waals surface area contributed by atoms with Gasteiger partial charge in [0.05, 0.1) is 6.61 Å². The van der Waals surface area contributed by atoms with Gasteiger partial charge in [-0.1, -0.05) is 30.3 Å². The zero-order chi connectivity index (χ0) is 11.7. The van der Waals surface area contributed by atoms with Gasteiger partial charge >= 0.3 is 22.4 Å². The topological polar surface area (TPSA) is 110 Å². The normalized spacial score (nSPS) is 12.7. The van der Waals surface area contributed by atoms with E-state index < -0.39 is 16.5 Å². The van der Waals surface area contributed by atoms with Gasteiger partial charge in [-0.2, -0.15) is 0 Å². The van der Waals surface area contributed by atoms with E-state index in [1.54, 1.807) is 0 Å². The molecule has 0 heterocycles. The molecule has 0 bridgehead atoms. The molecular formula is C7H10AgO6P2. The Kier molecular flexibility index (Phi) is 13.7. The van der Waals surface area contributed by atoms with Crippen molar-refractivity contribution in [2.45, 2.75) is 6.61 Å². The number of hydrogen-bond acceptors (Lipinski definition) is 6. The van der Waals surface area contributed by atoms with Gasteiger partial charge in [0.2, 0.25) is 0 Å². The van der Waals surface area contributed by atoms with Crippen LogP contribution in [0.25, 0.3) is 0 Å². The Morgan fingerprint density at radius 2 is 1.56 bits per heavy atom. The summed E-state index contributed by atoms with van der Waals surface area (Å²) < 4.78 is 21.8. The number of aliphatic hydroxyl groups excluding tert-OH is 1. The number of rotatable bonds is 3. The summed E-state index contributed by atoms with van der Waals surface area (Å²) >= 11 is 0. The molecule has 9 heteroatoms. The summed E-state index contributed by atoms with van der Waals surface area (Å²) in [5.41, 5.74) is 0.965. The molecule has 2 unspecified atom stereocenters. The number of aliphatic hydroxyl groups is 1. The van der Waals surface area contributed by atoms with Gasteiger partial charge in [-0.25, -0.2) is 0 Å². The van der Waals surface area contributed by atoms with Crippen molar-refractivity contribution in [2.24, 2.45) is 0 Å². The van der Waals surface area contributed by atoms with Crippen molar-refractivity contribution in [3.8, 4) is 0 Å². The molecule has 1 aromatic carbocycles. The van der Waals surface area contributed by atoms with Gasteiger partial charge < -0.3 is 24.0 Å². The molecule has 1 aromatic rings. The largest absolute Gasteiger partial charge is 2.00 e. The van der Waals surface area contributed by atoms with Crippen LogP contribution in [0, 0.1) is 0 Å². The predicted octanol–water partition coefficient (Wildman–Crippen LogP) is -0.321. The Labute approximate surface area is 110 Å². The van der Waals surface area contributed by atoms with E-state index in [9.17, 15) is 18.9 Å². The molecule has 0 aliphatic rings. The van der Waals surface area contributed by atoms with Crippen LogP contribution < -0.4 is 9.79 Å². The molecule has 0 aromatic heterocycles. The van der Waals surface area contributed by atoms with E-state index in [-0.39, 0.29) is 29.0 Å². The van der Waals surface area contributed by atoms with Crippen molar-refractivity contribution in [2.75, 3.05) is 0 Å². The number of hydrogen-bond donors (Lipinski definition) is 1. The molecule has 0 saturated heterocycles. The second-order valence-electron chi connectivity index (χ2n) is 2.25. The van der Waals surface area contributed by atoms with Gasteiger partial charge in [-0.05, 0) is 5.56 Å². The second-order valence-corrected chi connectivity index (χ2v) is 4.06. The van der Waals surface area contributed by atoms with Crippen LogP contribution in [0.3, 0.4) is 0 Å². The first-order chi connectivity index (χ1) is 7.06. The smallest absolute Gasteiger partial charge is 0.781 e. The van der Waals surface area contributed by atoms with Crippen molar-refractivity contribution in [3.05, 3.63) is 35.9 Å². The minimum atomic E-state index is -3.51. The van der Waals surface area contributed by atoms with Crippen molar-refractivity contribution in [1.29, 1.82) is 0 Å². The van der Waals surface area contributed by atoms with Crippen LogP contribution in [0.1, 0.15) is 5.56 Å². The molecule has 0 amide bonds. The SMILES string of the molecule is O=[PH]([O-])O[PH](=O)[O-].OCc1ccccc1.[Ag+2]. The van der Waals surface area contributed by atoms with E-state index in [0.29, 0.717) is 0 Å². The summed E-state index contributed by atoms with van der Waals surface area (Å²) in [6.07, 6.45) is 0.